The minimum Gasteiger partial charge on any atom is -0.377 e. The summed E-state index contributed by atoms with van der Waals surface area (Å²) in [6.07, 6.45) is 14.1. The molecule has 0 spiro atoms. The molecule has 5 heteroatoms. The number of nitrogens with one attached hydrogen (secondary N) is 2. The summed E-state index contributed by atoms with van der Waals surface area (Å²) >= 11 is 0. The van der Waals surface area contributed by atoms with Crippen LogP contribution in [0.2, 0.25) is 0 Å². The Hall–Kier alpha value is -1.07. The van der Waals surface area contributed by atoms with Crippen LogP contribution >= 0.6 is 0 Å². The van der Waals surface area contributed by atoms with Crippen LogP contribution in [-0.4, -0.2) is 62.8 Å². The Bertz CT molecular complexity index is 477. The zero-order valence-corrected chi connectivity index (χ0v) is 17.3. The summed E-state index contributed by atoms with van der Waals surface area (Å²) in [5.41, 5.74) is 1.50. The van der Waals surface area contributed by atoms with Crippen molar-refractivity contribution in [1.82, 2.24) is 15.5 Å². The van der Waals surface area contributed by atoms with E-state index in [1.807, 2.05) is 0 Å². The van der Waals surface area contributed by atoms with Crippen molar-refractivity contribution in [2.24, 2.45) is 10.9 Å². The number of likely N-dealkylation sites (tertiary alicyclic amines) is 1. The second kappa shape index (κ2) is 11.7. The zero-order chi connectivity index (χ0) is 18.7. The van der Waals surface area contributed by atoms with E-state index in [9.17, 15) is 0 Å². The van der Waals surface area contributed by atoms with E-state index < -0.39 is 0 Å². The third kappa shape index (κ3) is 7.46. The zero-order valence-electron chi connectivity index (χ0n) is 17.3. The summed E-state index contributed by atoms with van der Waals surface area (Å²) in [7, 11) is 0. The van der Waals surface area contributed by atoms with E-state index in [0.29, 0.717) is 6.04 Å². The standard InChI is InChI=1S/C22H40N4O/c1-2-23-22(24-13-8-19-11-16-27-17-12-19)25-21-9-14-26(15-10-21)18-20-6-4-3-5-7-20/h11,20-21H,2-10,12-18H2,1H3,(H2,23,24,25). The van der Waals surface area contributed by atoms with Crippen LogP contribution in [0.4, 0.5) is 0 Å². The molecule has 1 saturated carbocycles. The molecule has 0 bridgehead atoms. The first-order valence-electron chi connectivity index (χ1n) is 11.4. The average molecular weight is 377 g/mol. The highest BCUT2D eigenvalue weighted by Crippen LogP contribution is 2.25. The van der Waals surface area contributed by atoms with Crippen LogP contribution in [-0.2, 0) is 4.74 Å². The molecule has 0 aromatic carbocycles. The highest BCUT2D eigenvalue weighted by atomic mass is 16.5. The summed E-state index contributed by atoms with van der Waals surface area (Å²) in [6, 6.07) is 0.563. The fraction of sp³-hybridized carbons (Fsp3) is 0.864. The topological polar surface area (TPSA) is 48.9 Å². The molecular formula is C22H40N4O. The van der Waals surface area contributed by atoms with Crippen molar-refractivity contribution < 1.29 is 4.74 Å². The van der Waals surface area contributed by atoms with Crippen LogP contribution in [0.5, 0.6) is 0 Å². The minimum atomic E-state index is 0.563. The van der Waals surface area contributed by atoms with Crippen LogP contribution in [0.25, 0.3) is 0 Å². The average Bonchev–Trinajstić information content (AvgIpc) is 2.71. The fourth-order valence-electron chi connectivity index (χ4n) is 4.61. The van der Waals surface area contributed by atoms with Crippen LogP contribution in [0.3, 0.4) is 0 Å². The molecule has 2 heterocycles. The normalized spacial score (nSPS) is 23.9. The van der Waals surface area contributed by atoms with Gasteiger partial charge in [0.2, 0.25) is 0 Å². The first-order chi connectivity index (χ1) is 13.3. The number of ether oxygens (including phenoxy) is 1. The lowest BCUT2D eigenvalue weighted by molar-refractivity contribution is 0.153. The smallest absolute Gasteiger partial charge is 0.191 e. The molecular weight excluding hydrogens is 336 g/mol. The molecule has 3 rings (SSSR count). The maximum Gasteiger partial charge on any atom is 0.191 e. The lowest BCUT2D eigenvalue weighted by atomic mass is 9.88. The molecule has 0 unspecified atom stereocenters. The van der Waals surface area contributed by atoms with E-state index in [-0.39, 0.29) is 0 Å². The van der Waals surface area contributed by atoms with Gasteiger partial charge in [0, 0.05) is 38.8 Å². The van der Waals surface area contributed by atoms with Crippen LogP contribution in [0, 0.1) is 5.92 Å². The van der Waals surface area contributed by atoms with Crippen molar-refractivity contribution in [3.8, 4) is 0 Å². The maximum atomic E-state index is 5.38. The molecule has 27 heavy (non-hydrogen) atoms. The van der Waals surface area contributed by atoms with Gasteiger partial charge in [0.1, 0.15) is 0 Å². The number of hydrogen-bond donors (Lipinski definition) is 2. The maximum absolute atomic E-state index is 5.38. The third-order valence-corrected chi connectivity index (χ3v) is 6.27. The lowest BCUT2D eigenvalue weighted by Crippen LogP contribution is -2.49. The first kappa shape index (κ1) is 20.7. The molecule has 2 N–H and O–H groups in total. The van der Waals surface area contributed by atoms with Gasteiger partial charge in [-0.25, -0.2) is 0 Å². The van der Waals surface area contributed by atoms with Gasteiger partial charge in [-0.2, -0.15) is 0 Å². The van der Waals surface area contributed by atoms with E-state index in [1.165, 1.54) is 70.2 Å². The third-order valence-electron chi connectivity index (χ3n) is 6.27. The monoisotopic (exact) mass is 376 g/mol. The highest BCUT2D eigenvalue weighted by Gasteiger charge is 2.23. The van der Waals surface area contributed by atoms with E-state index in [1.54, 1.807) is 0 Å². The van der Waals surface area contributed by atoms with E-state index in [4.69, 9.17) is 9.73 Å². The van der Waals surface area contributed by atoms with Crippen LogP contribution in [0.15, 0.2) is 16.6 Å². The van der Waals surface area contributed by atoms with Gasteiger partial charge < -0.3 is 20.3 Å². The molecule has 5 nitrogen and oxygen atoms in total. The summed E-state index contributed by atoms with van der Waals surface area (Å²) in [4.78, 5) is 7.52. The summed E-state index contributed by atoms with van der Waals surface area (Å²) in [6.45, 7) is 9.38. The van der Waals surface area contributed by atoms with Gasteiger partial charge in [0.25, 0.3) is 0 Å². The van der Waals surface area contributed by atoms with Crippen LogP contribution in [0.1, 0.15) is 64.7 Å². The Morgan fingerprint density at radius 2 is 2.00 bits per heavy atom. The largest absolute Gasteiger partial charge is 0.377 e. The van der Waals surface area contributed by atoms with Crippen molar-refractivity contribution >= 4 is 5.96 Å². The molecule has 0 aromatic rings. The molecule has 3 aliphatic rings. The Labute approximate surface area is 166 Å². The van der Waals surface area contributed by atoms with Crippen molar-refractivity contribution in [1.29, 1.82) is 0 Å². The number of hydrogen-bond acceptors (Lipinski definition) is 3. The first-order valence-corrected chi connectivity index (χ1v) is 11.4. The predicted molar refractivity (Wildman–Crippen MR) is 113 cm³/mol. The molecule has 2 fully saturated rings. The predicted octanol–water partition coefficient (Wildman–Crippen LogP) is 3.32. The molecule has 0 radical (unpaired) electrons. The van der Waals surface area contributed by atoms with Gasteiger partial charge >= 0.3 is 0 Å². The number of guanidine groups is 1. The summed E-state index contributed by atoms with van der Waals surface area (Å²) < 4.78 is 5.38. The Kier molecular flexibility index (Phi) is 8.95. The summed E-state index contributed by atoms with van der Waals surface area (Å²) in [5, 5.41) is 7.11. The minimum absolute atomic E-state index is 0.563. The van der Waals surface area contributed by atoms with Crippen molar-refractivity contribution in [3.63, 3.8) is 0 Å². The number of piperidine rings is 1. The SMILES string of the molecule is CCNC(=NCCC1=CCOCC1)NC1CCN(CC2CCCCC2)CC1. The molecule has 0 aromatic heterocycles. The Morgan fingerprint density at radius 3 is 2.70 bits per heavy atom. The van der Waals surface area contributed by atoms with Crippen LogP contribution < -0.4 is 10.6 Å². The van der Waals surface area contributed by atoms with Gasteiger partial charge in [-0.1, -0.05) is 30.9 Å². The van der Waals surface area contributed by atoms with E-state index in [0.717, 1.165) is 51.0 Å². The Morgan fingerprint density at radius 1 is 1.19 bits per heavy atom. The highest BCUT2D eigenvalue weighted by molar-refractivity contribution is 5.80. The van der Waals surface area contributed by atoms with Gasteiger partial charge in [-0.15, -0.1) is 0 Å². The number of aliphatic imine (C=N–C) groups is 1. The fourth-order valence-corrected chi connectivity index (χ4v) is 4.61. The second-order valence-corrected chi connectivity index (χ2v) is 8.42. The number of rotatable bonds is 7. The molecule has 0 amide bonds. The van der Waals surface area contributed by atoms with Gasteiger partial charge in [0.15, 0.2) is 5.96 Å². The molecule has 0 atom stereocenters. The lowest BCUT2D eigenvalue weighted by Gasteiger charge is -2.36. The quantitative estimate of drug-likeness (QED) is 0.406. The van der Waals surface area contributed by atoms with E-state index >= 15 is 0 Å². The Balaban J connectivity index is 1.37. The second-order valence-electron chi connectivity index (χ2n) is 8.42. The van der Waals surface area contributed by atoms with Gasteiger partial charge in [0.05, 0.1) is 13.2 Å². The van der Waals surface area contributed by atoms with E-state index in [2.05, 4.69) is 28.5 Å². The van der Waals surface area contributed by atoms with Crippen molar-refractivity contribution in [3.05, 3.63) is 11.6 Å². The summed E-state index contributed by atoms with van der Waals surface area (Å²) in [5.74, 6) is 1.96. The van der Waals surface area contributed by atoms with Crippen molar-refractivity contribution in [2.75, 3.05) is 45.9 Å². The van der Waals surface area contributed by atoms with Gasteiger partial charge in [-0.05, 0) is 51.4 Å². The van der Waals surface area contributed by atoms with Gasteiger partial charge in [-0.3, -0.25) is 4.99 Å². The molecule has 1 aliphatic carbocycles. The van der Waals surface area contributed by atoms with Crippen molar-refractivity contribution in [2.45, 2.75) is 70.8 Å². The molecule has 2 aliphatic heterocycles. The number of nitrogens with zero attached hydrogens (tertiary/aromatic N) is 2. The molecule has 1 saturated heterocycles. The molecule has 154 valence electrons.